The third kappa shape index (κ3) is 3.67. The predicted octanol–water partition coefficient (Wildman–Crippen LogP) is 5.67. The van der Waals surface area contributed by atoms with Gasteiger partial charge in [-0.2, -0.15) is 13.2 Å². The van der Waals surface area contributed by atoms with Crippen LogP contribution in [0.3, 0.4) is 0 Å². The Balaban J connectivity index is 2.28. The van der Waals surface area contributed by atoms with Crippen molar-refractivity contribution in [2.75, 3.05) is 5.32 Å². The minimum atomic E-state index is -4.43. The number of anilines is 1. The molecule has 0 spiro atoms. The molecule has 2 rings (SSSR count). The van der Waals surface area contributed by atoms with Gasteiger partial charge in [0.15, 0.2) is 0 Å². The Morgan fingerprint density at radius 1 is 1.10 bits per heavy atom. The zero-order valence-electron chi connectivity index (χ0n) is 11.0. The van der Waals surface area contributed by atoms with Gasteiger partial charge in [-0.15, -0.1) is 0 Å². The summed E-state index contributed by atoms with van der Waals surface area (Å²) in [6, 6.07) is 8.66. The van der Waals surface area contributed by atoms with Crippen molar-refractivity contribution in [3.05, 3.63) is 64.4 Å². The number of nitrogens with one attached hydrogen (secondary N) is 1. The minimum absolute atomic E-state index is 0.0381. The molecule has 0 aliphatic heterocycles. The van der Waals surface area contributed by atoms with Gasteiger partial charge in [-0.3, -0.25) is 0 Å². The molecule has 1 atom stereocenters. The molecule has 1 N–H and O–H groups in total. The summed E-state index contributed by atoms with van der Waals surface area (Å²) in [5.41, 5.74) is -0.249. The van der Waals surface area contributed by atoms with Gasteiger partial charge in [0, 0.05) is 11.7 Å². The molecule has 112 valence electrons. The van der Waals surface area contributed by atoms with E-state index in [1.165, 1.54) is 30.3 Å². The highest BCUT2D eigenvalue weighted by atomic mass is 35.5. The van der Waals surface area contributed by atoms with Crippen LogP contribution >= 0.6 is 11.6 Å². The molecule has 0 saturated heterocycles. The summed E-state index contributed by atoms with van der Waals surface area (Å²) in [5.74, 6) is -0.627. The van der Waals surface area contributed by atoms with Crippen molar-refractivity contribution in [3.63, 3.8) is 0 Å². The van der Waals surface area contributed by atoms with Gasteiger partial charge in [-0.1, -0.05) is 29.8 Å². The van der Waals surface area contributed by atoms with Crippen molar-refractivity contribution in [2.24, 2.45) is 0 Å². The Morgan fingerprint density at radius 3 is 2.38 bits per heavy atom. The van der Waals surface area contributed by atoms with E-state index in [4.69, 9.17) is 11.6 Å². The molecular formula is C15H12ClF4N. The highest BCUT2D eigenvalue weighted by Crippen LogP contribution is 2.35. The van der Waals surface area contributed by atoms with Gasteiger partial charge in [0.25, 0.3) is 0 Å². The molecule has 0 aromatic heterocycles. The van der Waals surface area contributed by atoms with Gasteiger partial charge >= 0.3 is 6.18 Å². The second-order valence-corrected chi connectivity index (χ2v) is 4.99. The zero-order valence-corrected chi connectivity index (χ0v) is 11.8. The Labute approximate surface area is 124 Å². The molecule has 0 aliphatic rings. The molecule has 0 fully saturated rings. The zero-order chi connectivity index (χ0) is 15.6. The van der Waals surface area contributed by atoms with Crippen molar-refractivity contribution in [2.45, 2.75) is 19.1 Å². The lowest BCUT2D eigenvalue weighted by Gasteiger charge is -2.20. The first kappa shape index (κ1) is 15.6. The van der Waals surface area contributed by atoms with E-state index in [0.29, 0.717) is 5.69 Å². The van der Waals surface area contributed by atoms with Crippen LogP contribution in [0.5, 0.6) is 0 Å². The second kappa shape index (κ2) is 5.93. The van der Waals surface area contributed by atoms with E-state index >= 15 is 0 Å². The van der Waals surface area contributed by atoms with E-state index in [2.05, 4.69) is 5.32 Å². The van der Waals surface area contributed by atoms with Gasteiger partial charge < -0.3 is 5.32 Å². The molecule has 1 unspecified atom stereocenters. The molecule has 0 saturated carbocycles. The fourth-order valence-electron chi connectivity index (χ4n) is 2.05. The smallest absolute Gasteiger partial charge is 0.378 e. The first-order valence-electron chi connectivity index (χ1n) is 6.16. The molecule has 1 nitrogen and oxygen atoms in total. The number of hydrogen-bond donors (Lipinski definition) is 1. The van der Waals surface area contributed by atoms with Crippen LogP contribution in [0.2, 0.25) is 5.02 Å². The van der Waals surface area contributed by atoms with Crippen molar-refractivity contribution in [1.82, 2.24) is 0 Å². The minimum Gasteiger partial charge on any atom is -0.378 e. The third-order valence-corrected chi connectivity index (χ3v) is 3.34. The average Bonchev–Trinajstić information content (AvgIpc) is 2.42. The lowest BCUT2D eigenvalue weighted by atomic mass is 10.0. The Hall–Kier alpha value is -1.75. The van der Waals surface area contributed by atoms with Crippen LogP contribution in [0.1, 0.15) is 24.1 Å². The van der Waals surface area contributed by atoms with E-state index < -0.39 is 23.6 Å². The van der Waals surface area contributed by atoms with Crippen molar-refractivity contribution >= 4 is 17.3 Å². The maximum Gasteiger partial charge on any atom is 0.416 e. The summed E-state index contributed by atoms with van der Waals surface area (Å²) >= 11 is 5.57. The highest BCUT2D eigenvalue weighted by molar-refractivity contribution is 6.30. The molecule has 0 bridgehead atoms. The Bertz CT molecular complexity index is 640. The summed E-state index contributed by atoms with van der Waals surface area (Å²) in [6.07, 6.45) is -4.43. The summed E-state index contributed by atoms with van der Waals surface area (Å²) in [4.78, 5) is 0. The topological polar surface area (TPSA) is 12.0 Å². The van der Waals surface area contributed by atoms with E-state index in [0.717, 1.165) is 12.1 Å². The molecule has 6 heteroatoms. The van der Waals surface area contributed by atoms with Crippen LogP contribution in [-0.4, -0.2) is 0 Å². The van der Waals surface area contributed by atoms with Crippen molar-refractivity contribution in [1.29, 1.82) is 0 Å². The molecule has 0 heterocycles. The quantitative estimate of drug-likeness (QED) is 0.719. The molecule has 2 aromatic carbocycles. The molecule has 2 aromatic rings. The monoisotopic (exact) mass is 317 g/mol. The van der Waals surface area contributed by atoms with Crippen molar-refractivity contribution < 1.29 is 17.6 Å². The van der Waals surface area contributed by atoms with Gasteiger partial charge in [-0.25, -0.2) is 4.39 Å². The highest BCUT2D eigenvalue weighted by Gasteiger charge is 2.34. The number of halogens is 5. The summed E-state index contributed by atoms with van der Waals surface area (Å²) in [6.45, 7) is 1.58. The average molecular weight is 318 g/mol. The summed E-state index contributed by atoms with van der Waals surface area (Å²) in [5, 5.41) is 2.80. The van der Waals surface area contributed by atoms with Crippen LogP contribution in [-0.2, 0) is 6.18 Å². The largest absolute Gasteiger partial charge is 0.416 e. The summed E-state index contributed by atoms with van der Waals surface area (Å²) < 4.78 is 52.2. The first-order valence-corrected chi connectivity index (χ1v) is 6.54. The van der Waals surface area contributed by atoms with Gasteiger partial charge in [-0.05, 0) is 36.8 Å². The molecular weight excluding hydrogens is 306 g/mol. The number of alkyl halides is 3. The molecule has 0 amide bonds. The lowest BCUT2D eigenvalue weighted by molar-refractivity contribution is -0.138. The van der Waals surface area contributed by atoms with Crippen molar-refractivity contribution in [3.8, 4) is 0 Å². The molecule has 0 aliphatic carbocycles. The fourth-order valence-corrected chi connectivity index (χ4v) is 2.16. The SMILES string of the molecule is CC(Nc1ccc(Cl)c(F)c1)c1ccccc1C(F)(F)F. The maximum atomic E-state index is 13.3. The normalized spacial score (nSPS) is 13.0. The number of hydrogen-bond acceptors (Lipinski definition) is 1. The predicted molar refractivity (Wildman–Crippen MR) is 74.9 cm³/mol. The van der Waals surface area contributed by atoms with E-state index in [-0.39, 0.29) is 10.6 Å². The second-order valence-electron chi connectivity index (χ2n) is 4.58. The van der Waals surface area contributed by atoms with Crippen LogP contribution < -0.4 is 5.32 Å². The van der Waals surface area contributed by atoms with E-state index in [1.54, 1.807) is 6.92 Å². The lowest BCUT2D eigenvalue weighted by Crippen LogP contribution is -2.15. The van der Waals surface area contributed by atoms with Crippen LogP contribution in [0, 0.1) is 5.82 Å². The van der Waals surface area contributed by atoms with Gasteiger partial charge in [0.05, 0.1) is 10.6 Å². The van der Waals surface area contributed by atoms with E-state index in [1.807, 2.05) is 0 Å². The molecule has 21 heavy (non-hydrogen) atoms. The third-order valence-electron chi connectivity index (χ3n) is 3.04. The Kier molecular flexibility index (Phi) is 4.42. The van der Waals surface area contributed by atoms with Crippen LogP contribution in [0.4, 0.5) is 23.2 Å². The number of rotatable bonds is 3. The fraction of sp³-hybridized carbons (Fsp3) is 0.200. The maximum absolute atomic E-state index is 13.3. The standard InChI is InChI=1S/C15H12ClF4N/c1-9(21-10-6-7-13(16)14(17)8-10)11-4-2-3-5-12(11)15(18,19)20/h2-9,21H,1H3. The number of benzene rings is 2. The van der Waals surface area contributed by atoms with Crippen LogP contribution in [0.25, 0.3) is 0 Å². The van der Waals surface area contributed by atoms with Gasteiger partial charge in [0.2, 0.25) is 0 Å². The van der Waals surface area contributed by atoms with E-state index in [9.17, 15) is 17.6 Å². The first-order chi connectivity index (χ1) is 9.79. The summed E-state index contributed by atoms with van der Waals surface area (Å²) in [7, 11) is 0. The Morgan fingerprint density at radius 2 is 1.76 bits per heavy atom. The molecule has 0 radical (unpaired) electrons. The van der Waals surface area contributed by atoms with Crippen LogP contribution in [0.15, 0.2) is 42.5 Å². The van der Waals surface area contributed by atoms with Gasteiger partial charge in [0.1, 0.15) is 5.82 Å².